The maximum absolute atomic E-state index is 13.5. The molecular weight excluding hydrogens is 261 g/mol. The summed E-state index contributed by atoms with van der Waals surface area (Å²) in [5.41, 5.74) is 1.13. The molecule has 2 heterocycles. The SMILES string of the molecule is CC1CC(NC2CCSc3ccc(F)cc32)CCO1. The van der Waals surface area contributed by atoms with E-state index in [-0.39, 0.29) is 5.82 Å². The molecule has 0 spiro atoms. The summed E-state index contributed by atoms with van der Waals surface area (Å²) >= 11 is 1.83. The van der Waals surface area contributed by atoms with E-state index in [4.69, 9.17) is 4.74 Å². The van der Waals surface area contributed by atoms with Crippen molar-refractivity contribution in [2.75, 3.05) is 12.4 Å². The Morgan fingerprint density at radius 3 is 3.11 bits per heavy atom. The van der Waals surface area contributed by atoms with Gasteiger partial charge in [0.2, 0.25) is 0 Å². The van der Waals surface area contributed by atoms with Crippen molar-refractivity contribution in [1.29, 1.82) is 0 Å². The van der Waals surface area contributed by atoms with Crippen molar-refractivity contribution in [3.63, 3.8) is 0 Å². The summed E-state index contributed by atoms with van der Waals surface area (Å²) in [7, 11) is 0. The summed E-state index contributed by atoms with van der Waals surface area (Å²) in [5.74, 6) is 0.975. The van der Waals surface area contributed by atoms with Gasteiger partial charge in [0.05, 0.1) is 6.10 Å². The van der Waals surface area contributed by atoms with Gasteiger partial charge in [-0.05, 0) is 55.7 Å². The molecule has 4 heteroatoms. The summed E-state index contributed by atoms with van der Waals surface area (Å²) in [6.45, 7) is 2.95. The molecule has 1 N–H and O–H groups in total. The van der Waals surface area contributed by atoms with Gasteiger partial charge in [0.15, 0.2) is 0 Å². The highest BCUT2D eigenvalue weighted by Crippen LogP contribution is 2.37. The number of ether oxygens (including phenoxy) is 1. The number of halogens is 1. The van der Waals surface area contributed by atoms with Crippen molar-refractivity contribution < 1.29 is 9.13 Å². The van der Waals surface area contributed by atoms with E-state index in [1.165, 1.54) is 4.90 Å². The van der Waals surface area contributed by atoms with Crippen LogP contribution in [0.1, 0.15) is 37.8 Å². The van der Waals surface area contributed by atoms with E-state index in [0.717, 1.165) is 37.2 Å². The molecule has 2 nitrogen and oxygen atoms in total. The van der Waals surface area contributed by atoms with E-state index in [2.05, 4.69) is 12.2 Å². The van der Waals surface area contributed by atoms with Crippen molar-refractivity contribution in [1.82, 2.24) is 5.32 Å². The standard InChI is InChI=1S/C15H20FNOS/c1-10-8-12(4-6-18-10)17-14-5-7-19-15-3-2-11(16)9-13(14)15/h2-3,9-10,12,14,17H,4-8H2,1H3. The molecule has 0 aliphatic carbocycles. The van der Waals surface area contributed by atoms with Crippen molar-refractivity contribution in [2.24, 2.45) is 0 Å². The van der Waals surface area contributed by atoms with Gasteiger partial charge in [0, 0.05) is 23.6 Å². The minimum Gasteiger partial charge on any atom is -0.378 e. The normalized spacial score (nSPS) is 30.9. The number of fused-ring (bicyclic) bond motifs is 1. The Labute approximate surface area is 118 Å². The van der Waals surface area contributed by atoms with Crippen LogP contribution in [0, 0.1) is 5.82 Å². The monoisotopic (exact) mass is 281 g/mol. The Morgan fingerprint density at radius 2 is 2.26 bits per heavy atom. The topological polar surface area (TPSA) is 21.3 Å². The number of hydrogen-bond acceptors (Lipinski definition) is 3. The second-order valence-electron chi connectivity index (χ2n) is 5.44. The number of benzene rings is 1. The summed E-state index contributed by atoms with van der Waals surface area (Å²) < 4.78 is 19.0. The van der Waals surface area contributed by atoms with Crippen LogP contribution in [0.4, 0.5) is 4.39 Å². The smallest absolute Gasteiger partial charge is 0.123 e. The van der Waals surface area contributed by atoms with Crippen LogP contribution in [0.2, 0.25) is 0 Å². The molecule has 104 valence electrons. The molecule has 2 aliphatic heterocycles. The first-order valence-electron chi connectivity index (χ1n) is 7.02. The molecule has 0 saturated carbocycles. The van der Waals surface area contributed by atoms with Gasteiger partial charge in [-0.3, -0.25) is 0 Å². The van der Waals surface area contributed by atoms with E-state index < -0.39 is 0 Å². The first kappa shape index (κ1) is 13.4. The number of thioether (sulfide) groups is 1. The third-order valence-electron chi connectivity index (χ3n) is 3.93. The lowest BCUT2D eigenvalue weighted by Crippen LogP contribution is -2.40. The van der Waals surface area contributed by atoms with Crippen molar-refractivity contribution in [2.45, 2.75) is 49.3 Å². The third-order valence-corrected chi connectivity index (χ3v) is 5.06. The van der Waals surface area contributed by atoms with Crippen molar-refractivity contribution in [3.8, 4) is 0 Å². The number of hydrogen-bond donors (Lipinski definition) is 1. The van der Waals surface area contributed by atoms with E-state index >= 15 is 0 Å². The van der Waals surface area contributed by atoms with Crippen molar-refractivity contribution >= 4 is 11.8 Å². The average molecular weight is 281 g/mol. The Bertz CT molecular complexity index is 454. The zero-order chi connectivity index (χ0) is 13.2. The molecule has 19 heavy (non-hydrogen) atoms. The van der Waals surface area contributed by atoms with Crippen LogP contribution in [0.25, 0.3) is 0 Å². The van der Waals surface area contributed by atoms with Crippen LogP contribution in [-0.4, -0.2) is 24.5 Å². The van der Waals surface area contributed by atoms with Gasteiger partial charge in [-0.2, -0.15) is 0 Å². The highest BCUT2D eigenvalue weighted by atomic mass is 32.2. The number of rotatable bonds is 2. The molecule has 0 bridgehead atoms. The molecule has 1 aromatic rings. The van der Waals surface area contributed by atoms with Crippen LogP contribution in [-0.2, 0) is 4.74 Å². The number of nitrogens with one attached hydrogen (secondary N) is 1. The molecule has 3 unspecified atom stereocenters. The minimum absolute atomic E-state index is 0.131. The lowest BCUT2D eigenvalue weighted by Gasteiger charge is -2.34. The molecule has 1 saturated heterocycles. The van der Waals surface area contributed by atoms with Gasteiger partial charge >= 0.3 is 0 Å². The summed E-state index contributed by atoms with van der Waals surface area (Å²) in [6, 6.07) is 5.96. The van der Waals surface area contributed by atoms with E-state index in [9.17, 15) is 4.39 Å². The van der Waals surface area contributed by atoms with Gasteiger partial charge in [-0.25, -0.2) is 4.39 Å². The van der Waals surface area contributed by atoms with Crippen LogP contribution < -0.4 is 5.32 Å². The molecule has 3 atom stereocenters. The molecule has 2 aliphatic rings. The van der Waals surface area contributed by atoms with Crippen LogP contribution in [0.15, 0.2) is 23.1 Å². The summed E-state index contributed by atoms with van der Waals surface area (Å²) in [4.78, 5) is 1.23. The van der Waals surface area contributed by atoms with Gasteiger partial charge < -0.3 is 10.1 Å². The lowest BCUT2D eigenvalue weighted by atomic mass is 9.98. The zero-order valence-electron chi connectivity index (χ0n) is 11.2. The first-order valence-corrected chi connectivity index (χ1v) is 8.01. The van der Waals surface area contributed by atoms with Crippen LogP contribution in [0.3, 0.4) is 0 Å². The van der Waals surface area contributed by atoms with Gasteiger partial charge in [0.1, 0.15) is 5.82 Å². The summed E-state index contributed by atoms with van der Waals surface area (Å²) in [5, 5.41) is 3.71. The van der Waals surface area contributed by atoms with Crippen LogP contribution >= 0.6 is 11.8 Å². The second kappa shape index (κ2) is 5.81. The highest BCUT2D eigenvalue weighted by molar-refractivity contribution is 7.99. The third kappa shape index (κ3) is 3.12. The van der Waals surface area contributed by atoms with Gasteiger partial charge in [-0.15, -0.1) is 11.8 Å². The largest absolute Gasteiger partial charge is 0.378 e. The summed E-state index contributed by atoms with van der Waals surface area (Å²) in [6.07, 6.45) is 3.51. The molecule has 0 radical (unpaired) electrons. The second-order valence-corrected chi connectivity index (χ2v) is 6.58. The quantitative estimate of drug-likeness (QED) is 0.896. The molecule has 0 aromatic heterocycles. The Balaban J connectivity index is 1.74. The van der Waals surface area contributed by atoms with E-state index in [1.807, 2.05) is 17.8 Å². The molecule has 1 aromatic carbocycles. The molecule has 0 amide bonds. The fourth-order valence-corrected chi connectivity index (χ4v) is 4.08. The molecular formula is C15H20FNOS. The maximum atomic E-state index is 13.5. The van der Waals surface area contributed by atoms with E-state index in [0.29, 0.717) is 18.2 Å². The Kier molecular flexibility index (Phi) is 4.10. The fourth-order valence-electron chi connectivity index (χ4n) is 2.97. The first-order chi connectivity index (χ1) is 9.22. The van der Waals surface area contributed by atoms with E-state index in [1.54, 1.807) is 12.1 Å². The highest BCUT2D eigenvalue weighted by Gasteiger charge is 2.26. The predicted octanol–water partition coefficient (Wildman–Crippen LogP) is 3.52. The maximum Gasteiger partial charge on any atom is 0.123 e. The lowest BCUT2D eigenvalue weighted by molar-refractivity contribution is 0.0110. The average Bonchev–Trinajstić information content (AvgIpc) is 2.39. The Hall–Kier alpha value is -0.580. The zero-order valence-corrected chi connectivity index (χ0v) is 12.0. The fraction of sp³-hybridized carbons (Fsp3) is 0.600. The predicted molar refractivity (Wildman–Crippen MR) is 76.1 cm³/mol. The van der Waals surface area contributed by atoms with Gasteiger partial charge in [-0.1, -0.05) is 0 Å². The Morgan fingerprint density at radius 1 is 1.37 bits per heavy atom. The molecule has 1 fully saturated rings. The minimum atomic E-state index is -0.131. The van der Waals surface area contributed by atoms with Crippen molar-refractivity contribution in [3.05, 3.63) is 29.6 Å². The molecule has 3 rings (SSSR count). The van der Waals surface area contributed by atoms with Crippen LogP contribution in [0.5, 0.6) is 0 Å². The van der Waals surface area contributed by atoms with Gasteiger partial charge in [0.25, 0.3) is 0 Å².